The third-order valence-corrected chi connectivity index (χ3v) is 5.43. The second-order valence-electron chi connectivity index (χ2n) is 7.47. The molecule has 1 fully saturated rings. The van der Waals surface area contributed by atoms with Crippen LogP contribution in [0.1, 0.15) is 65.7 Å². The van der Waals surface area contributed by atoms with Crippen LogP contribution in [0.2, 0.25) is 5.15 Å². The van der Waals surface area contributed by atoms with Gasteiger partial charge in [-0.05, 0) is 12.8 Å². The number of aromatic amines is 1. The first-order valence-corrected chi connectivity index (χ1v) is 10.2. The van der Waals surface area contributed by atoms with Gasteiger partial charge in [-0.3, -0.25) is 4.79 Å². The number of amides is 1. The fraction of sp³-hybridized carbons (Fsp3) is 0.579. The van der Waals surface area contributed by atoms with Gasteiger partial charge in [0, 0.05) is 19.6 Å². The standard InChI is InChI=1S/C19H26ClN5O5/c1-5-10-15(20)24-16(21-10)17(26)22-11-6-7-25(8-12(11)29-4)19-23-13(18(27)28)14(30-19)9(2)3/h9,11-12H,5-8H2,1-4H3,(H,21,24)(H,22,26)(H,27,28)/t11-,12+/m1/s1. The predicted octanol–water partition coefficient (Wildman–Crippen LogP) is 2.46. The van der Waals surface area contributed by atoms with E-state index in [4.69, 9.17) is 20.8 Å². The van der Waals surface area contributed by atoms with Crippen molar-refractivity contribution >= 4 is 29.5 Å². The van der Waals surface area contributed by atoms with E-state index in [1.807, 2.05) is 25.7 Å². The summed E-state index contributed by atoms with van der Waals surface area (Å²) in [7, 11) is 1.56. The molecule has 1 saturated heterocycles. The Labute approximate surface area is 179 Å². The van der Waals surface area contributed by atoms with Crippen LogP contribution in [0.4, 0.5) is 6.01 Å². The van der Waals surface area contributed by atoms with E-state index in [0.29, 0.717) is 42.5 Å². The van der Waals surface area contributed by atoms with Crippen LogP contribution in [0.25, 0.3) is 0 Å². The molecule has 0 aromatic carbocycles. The number of ether oxygens (including phenoxy) is 1. The number of aromatic carboxylic acids is 1. The summed E-state index contributed by atoms with van der Waals surface area (Å²) in [6.07, 6.45) is 0.855. The summed E-state index contributed by atoms with van der Waals surface area (Å²) < 4.78 is 11.3. The Balaban J connectivity index is 1.71. The van der Waals surface area contributed by atoms with Gasteiger partial charge >= 0.3 is 5.97 Å². The van der Waals surface area contributed by atoms with Gasteiger partial charge in [-0.25, -0.2) is 9.78 Å². The number of carbonyl (C=O) groups excluding carboxylic acids is 1. The molecule has 3 rings (SSSR count). The highest BCUT2D eigenvalue weighted by Crippen LogP contribution is 2.28. The topological polar surface area (TPSA) is 134 Å². The normalized spacial score (nSPS) is 19.3. The van der Waals surface area contributed by atoms with Crippen LogP contribution in [0, 0.1) is 0 Å². The molecule has 2 aromatic heterocycles. The van der Waals surface area contributed by atoms with Crippen LogP contribution in [-0.2, 0) is 11.2 Å². The summed E-state index contributed by atoms with van der Waals surface area (Å²) in [6, 6.07) is -0.0143. The first-order chi connectivity index (χ1) is 14.2. The number of carboxylic acids is 1. The first-order valence-electron chi connectivity index (χ1n) is 9.82. The van der Waals surface area contributed by atoms with Crippen molar-refractivity contribution in [3.8, 4) is 0 Å². The van der Waals surface area contributed by atoms with E-state index in [-0.39, 0.29) is 41.5 Å². The minimum atomic E-state index is -1.12. The van der Waals surface area contributed by atoms with Crippen LogP contribution < -0.4 is 10.2 Å². The molecule has 164 valence electrons. The highest BCUT2D eigenvalue weighted by molar-refractivity contribution is 6.30. The average molecular weight is 440 g/mol. The lowest BCUT2D eigenvalue weighted by Gasteiger charge is -2.37. The Morgan fingerprint density at radius 2 is 2.17 bits per heavy atom. The van der Waals surface area contributed by atoms with E-state index in [2.05, 4.69) is 20.3 Å². The smallest absolute Gasteiger partial charge is 0.358 e. The van der Waals surface area contributed by atoms with E-state index < -0.39 is 5.97 Å². The number of nitrogens with zero attached hydrogens (tertiary/aromatic N) is 3. The summed E-state index contributed by atoms with van der Waals surface area (Å²) in [5.74, 6) is -1.09. The lowest BCUT2D eigenvalue weighted by molar-refractivity contribution is 0.0528. The fourth-order valence-electron chi connectivity index (χ4n) is 3.46. The number of oxazole rings is 1. The third-order valence-electron chi connectivity index (χ3n) is 5.11. The molecular weight excluding hydrogens is 414 g/mol. The Morgan fingerprint density at radius 1 is 1.43 bits per heavy atom. The second-order valence-corrected chi connectivity index (χ2v) is 7.82. The predicted molar refractivity (Wildman–Crippen MR) is 109 cm³/mol. The second kappa shape index (κ2) is 9.05. The minimum absolute atomic E-state index is 0.0779. The summed E-state index contributed by atoms with van der Waals surface area (Å²) in [5, 5.41) is 12.6. The van der Waals surface area contributed by atoms with Crippen molar-refractivity contribution in [2.75, 3.05) is 25.1 Å². The molecule has 0 spiro atoms. The molecule has 0 aliphatic carbocycles. The zero-order valence-corrected chi connectivity index (χ0v) is 18.1. The summed E-state index contributed by atoms with van der Waals surface area (Å²) >= 11 is 6.02. The summed E-state index contributed by atoms with van der Waals surface area (Å²) in [4.78, 5) is 37.0. The van der Waals surface area contributed by atoms with Crippen molar-refractivity contribution in [1.82, 2.24) is 20.3 Å². The zero-order chi connectivity index (χ0) is 22.0. The van der Waals surface area contributed by atoms with Crippen molar-refractivity contribution < 1.29 is 23.8 Å². The molecule has 3 heterocycles. The van der Waals surface area contributed by atoms with Crippen LogP contribution in [-0.4, -0.2) is 64.3 Å². The number of carbonyl (C=O) groups is 2. The molecule has 1 aliphatic heterocycles. The van der Waals surface area contributed by atoms with Crippen molar-refractivity contribution in [2.24, 2.45) is 0 Å². The number of hydrogen-bond donors (Lipinski definition) is 3. The number of aromatic nitrogens is 3. The zero-order valence-electron chi connectivity index (χ0n) is 17.4. The van der Waals surface area contributed by atoms with Crippen LogP contribution >= 0.6 is 11.6 Å². The Morgan fingerprint density at radius 3 is 2.70 bits per heavy atom. The van der Waals surface area contributed by atoms with Crippen molar-refractivity contribution in [3.63, 3.8) is 0 Å². The van der Waals surface area contributed by atoms with Gasteiger partial charge in [0.05, 0.1) is 24.4 Å². The maximum absolute atomic E-state index is 12.6. The number of carboxylic acid groups (broad SMARTS) is 1. The molecule has 3 N–H and O–H groups in total. The SMILES string of the molecule is CCc1[nH]c(C(=O)N[C@@H]2CCN(c3nc(C(=O)O)c(C(C)C)o3)C[C@@H]2OC)nc1Cl. The molecule has 1 aliphatic rings. The van der Waals surface area contributed by atoms with Gasteiger partial charge in [-0.2, -0.15) is 4.98 Å². The average Bonchev–Trinajstić information content (AvgIpc) is 3.32. The molecule has 10 nitrogen and oxygen atoms in total. The van der Waals surface area contributed by atoms with E-state index in [1.165, 1.54) is 0 Å². The molecule has 2 atom stereocenters. The number of aryl methyl sites for hydroxylation is 1. The maximum atomic E-state index is 12.6. The number of piperidine rings is 1. The van der Waals surface area contributed by atoms with E-state index >= 15 is 0 Å². The van der Waals surface area contributed by atoms with Crippen LogP contribution in [0.3, 0.4) is 0 Å². The van der Waals surface area contributed by atoms with E-state index in [1.54, 1.807) is 7.11 Å². The number of imidazole rings is 1. The molecule has 0 bridgehead atoms. The Hall–Kier alpha value is -2.59. The highest BCUT2D eigenvalue weighted by Gasteiger charge is 2.34. The van der Waals surface area contributed by atoms with E-state index in [0.717, 1.165) is 0 Å². The molecule has 2 aromatic rings. The van der Waals surface area contributed by atoms with Crippen LogP contribution in [0.5, 0.6) is 0 Å². The molecular formula is C19H26ClN5O5. The van der Waals surface area contributed by atoms with Crippen molar-refractivity contribution in [3.05, 3.63) is 28.1 Å². The third kappa shape index (κ3) is 4.44. The molecule has 0 saturated carbocycles. The number of nitrogens with one attached hydrogen (secondary N) is 2. The molecule has 0 radical (unpaired) electrons. The first kappa shape index (κ1) is 22.1. The lowest BCUT2D eigenvalue weighted by Crippen LogP contribution is -2.55. The number of anilines is 1. The highest BCUT2D eigenvalue weighted by atomic mass is 35.5. The van der Waals surface area contributed by atoms with Crippen LogP contribution in [0.15, 0.2) is 4.42 Å². The number of H-pyrrole nitrogens is 1. The number of methoxy groups -OCH3 is 1. The van der Waals surface area contributed by atoms with Gasteiger partial charge in [0.15, 0.2) is 16.7 Å². The van der Waals surface area contributed by atoms with Gasteiger partial charge < -0.3 is 29.5 Å². The van der Waals surface area contributed by atoms with Crippen molar-refractivity contribution in [2.45, 2.75) is 51.7 Å². The molecule has 30 heavy (non-hydrogen) atoms. The van der Waals surface area contributed by atoms with Gasteiger partial charge in [-0.15, -0.1) is 0 Å². The summed E-state index contributed by atoms with van der Waals surface area (Å²) in [6.45, 7) is 6.52. The number of halogens is 1. The quantitative estimate of drug-likeness (QED) is 0.599. The van der Waals surface area contributed by atoms with Gasteiger partial charge in [0.1, 0.15) is 5.76 Å². The maximum Gasteiger partial charge on any atom is 0.358 e. The summed E-state index contributed by atoms with van der Waals surface area (Å²) in [5.41, 5.74) is 0.629. The monoisotopic (exact) mass is 439 g/mol. The number of hydrogen-bond acceptors (Lipinski definition) is 7. The molecule has 11 heteroatoms. The van der Waals surface area contributed by atoms with Gasteiger partial charge in [0.25, 0.3) is 11.9 Å². The largest absolute Gasteiger partial charge is 0.476 e. The fourth-order valence-corrected chi connectivity index (χ4v) is 3.73. The molecule has 0 unspecified atom stereocenters. The Bertz CT molecular complexity index is 925. The minimum Gasteiger partial charge on any atom is -0.476 e. The van der Waals surface area contributed by atoms with Crippen molar-refractivity contribution in [1.29, 1.82) is 0 Å². The number of rotatable bonds is 7. The van der Waals surface area contributed by atoms with E-state index in [9.17, 15) is 14.7 Å². The lowest BCUT2D eigenvalue weighted by atomic mass is 10.0. The molecule has 1 amide bonds. The van der Waals surface area contributed by atoms with Gasteiger partial charge in [0.2, 0.25) is 0 Å². The van der Waals surface area contributed by atoms with Gasteiger partial charge in [-0.1, -0.05) is 32.4 Å². The Kier molecular flexibility index (Phi) is 6.67.